The molecule has 3 nitrogen and oxygen atoms in total. The van der Waals surface area contributed by atoms with Crippen molar-refractivity contribution >= 4 is 5.82 Å². The lowest BCUT2D eigenvalue weighted by molar-refractivity contribution is 0.317. The lowest BCUT2D eigenvalue weighted by Crippen LogP contribution is -2.08. The van der Waals surface area contributed by atoms with Crippen LogP contribution < -0.4 is 5.73 Å². The van der Waals surface area contributed by atoms with E-state index in [2.05, 4.69) is 19.0 Å². The zero-order valence-electron chi connectivity index (χ0n) is 11.7. The first-order valence-electron chi connectivity index (χ1n) is 7.39. The van der Waals surface area contributed by atoms with Gasteiger partial charge in [0.25, 0.3) is 0 Å². The summed E-state index contributed by atoms with van der Waals surface area (Å²) >= 11 is 0. The smallest absolute Gasteiger partial charge is 0.170 e. The number of nitrogens with zero attached hydrogens (tertiary/aromatic N) is 1. The largest absolute Gasteiger partial charge is 0.381 e. The molecule has 2 N–H and O–H groups in total. The van der Waals surface area contributed by atoms with Crippen LogP contribution in [0.15, 0.2) is 4.52 Å². The topological polar surface area (TPSA) is 52.0 Å². The number of anilines is 1. The third-order valence-electron chi connectivity index (χ3n) is 4.02. The molecule has 1 aliphatic rings. The van der Waals surface area contributed by atoms with Crippen molar-refractivity contribution in [3.63, 3.8) is 0 Å². The number of hydrogen-bond acceptors (Lipinski definition) is 3. The average molecular weight is 250 g/mol. The Labute approximate surface area is 110 Å². The van der Waals surface area contributed by atoms with E-state index in [1.807, 2.05) is 0 Å². The molecule has 1 aromatic heterocycles. The second-order valence-electron chi connectivity index (χ2n) is 6.11. The molecule has 0 amide bonds. The maximum atomic E-state index is 5.89. The van der Waals surface area contributed by atoms with Gasteiger partial charge in [0, 0.05) is 12.0 Å². The second-order valence-corrected chi connectivity index (χ2v) is 6.11. The molecule has 0 unspecified atom stereocenters. The van der Waals surface area contributed by atoms with Gasteiger partial charge in [-0.15, -0.1) is 0 Å². The summed E-state index contributed by atoms with van der Waals surface area (Å²) in [6.45, 7) is 4.41. The van der Waals surface area contributed by atoms with Crippen molar-refractivity contribution in [3.05, 3.63) is 11.3 Å². The fraction of sp³-hybridized carbons (Fsp3) is 0.800. The summed E-state index contributed by atoms with van der Waals surface area (Å²) in [6.07, 6.45) is 10.2. The highest BCUT2D eigenvalue weighted by molar-refractivity contribution is 5.40. The molecule has 2 rings (SSSR count). The van der Waals surface area contributed by atoms with Gasteiger partial charge in [-0.2, -0.15) is 0 Å². The van der Waals surface area contributed by atoms with Gasteiger partial charge in [-0.25, -0.2) is 0 Å². The Bertz CT molecular complexity index is 365. The minimum absolute atomic E-state index is 0.597. The quantitative estimate of drug-likeness (QED) is 0.860. The van der Waals surface area contributed by atoms with Gasteiger partial charge in [-0.1, -0.05) is 51.1 Å². The number of aryl methyl sites for hydroxylation is 1. The molecule has 1 aliphatic carbocycles. The summed E-state index contributed by atoms with van der Waals surface area (Å²) in [5.41, 5.74) is 7.05. The van der Waals surface area contributed by atoms with Gasteiger partial charge in [-0.3, -0.25) is 0 Å². The number of nitrogen functional groups attached to an aromatic ring is 1. The molecule has 0 atom stereocenters. The Kier molecular flexibility index (Phi) is 4.67. The van der Waals surface area contributed by atoms with Crippen molar-refractivity contribution < 1.29 is 4.52 Å². The first kappa shape index (κ1) is 13.4. The Balaban J connectivity index is 1.91. The highest BCUT2D eigenvalue weighted by Crippen LogP contribution is 2.29. The van der Waals surface area contributed by atoms with Gasteiger partial charge in [0.05, 0.1) is 0 Å². The van der Waals surface area contributed by atoms with E-state index in [0.29, 0.717) is 11.7 Å². The molecule has 0 radical (unpaired) electrons. The van der Waals surface area contributed by atoms with Crippen LogP contribution in [0.5, 0.6) is 0 Å². The van der Waals surface area contributed by atoms with E-state index in [1.165, 1.54) is 38.5 Å². The number of nitrogens with two attached hydrogens (primary N) is 1. The average Bonchev–Trinajstić information content (AvgIpc) is 2.69. The highest BCUT2D eigenvalue weighted by Gasteiger charge is 2.18. The van der Waals surface area contributed by atoms with Gasteiger partial charge in [-0.05, 0) is 24.7 Å². The van der Waals surface area contributed by atoms with Gasteiger partial charge in [0.2, 0.25) is 0 Å². The first-order valence-corrected chi connectivity index (χ1v) is 7.39. The third-order valence-corrected chi connectivity index (χ3v) is 4.02. The maximum Gasteiger partial charge on any atom is 0.170 e. The van der Waals surface area contributed by atoms with Crippen LogP contribution in [-0.2, 0) is 12.8 Å². The fourth-order valence-corrected chi connectivity index (χ4v) is 2.99. The molecule has 1 heterocycles. The number of hydrogen-bond donors (Lipinski definition) is 1. The van der Waals surface area contributed by atoms with Crippen molar-refractivity contribution in [1.29, 1.82) is 0 Å². The van der Waals surface area contributed by atoms with E-state index < -0.39 is 0 Å². The minimum atomic E-state index is 0.597. The van der Waals surface area contributed by atoms with Gasteiger partial charge >= 0.3 is 0 Å². The highest BCUT2D eigenvalue weighted by atomic mass is 16.5. The second kappa shape index (κ2) is 6.26. The summed E-state index contributed by atoms with van der Waals surface area (Å²) in [7, 11) is 0. The van der Waals surface area contributed by atoms with E-state index in [4.69, 9.17) is 10.3 Å². The Hall–Kier alpha value is -0.990. The van der Waals surface area contributed by atoms with E-state index in [-0.39, 0.29) is 0 Å². The van der Waals surface area contributed by atoms with Crippen LogP contribution in [0.3, 0.4) is 0 Å². The Morgan fingerprint density at radius 2 is 2.00 bits per heavy atom. The minimum Gasteiger partial charge on any atom is -0.381 e. The van der Waals surface area contributed by atoms with Gasteiger partial charge < -0.3 is 10.3 Å². The molecule has 3 heteroatoms. The Morgan fingerprint density at radius 3 is 2.67 bits per heavy atom. The molecule has 0 saturated heterocycles. The molecule has 0 spiro atoms. The Morgan fingerprint density at radius 1 is 1.28 bits per heavy atom. The standard InChI is InChI=1S/C15H26N2O/c1-11(2)10-13-14(18-17-15(13)16)9-8-12-6-4-3-5-7-12/h11-12H,3-10H2,1-2H3,(H2,16,17). The van der Waals surface area contributed by atoms with Crippen LogP contribution in [0.25, 0.3) is 0 Å². The summed E-state index contributed by atoms with van der Waals surface area (Å²) in [4.78, 5) is 0. The lowest BCUT2D eigenvalue weighted by Gasteiger charge is -2.20. The molecular formula is C15H26N2O. The molecule has 0 aromatic carbocycles. The summed E-state index contributed by atoms with van der Waals surface area (Å²) in [6, 6.07) is 0. The molecular weight excluding hydrogens is 224 g/mol. The van der Waals surface area contributed by atoms with Crippen LogP contribution in [-0.4, -0.2) is 5.16 Å². The lowest BCUT2D eigenvalue weighted by atomic mass is 9.85. The zero-order chi connectivity index (χ0) is 13.0. The van der Waals surface area contributed by atoms with Crippen molar-refractivity contribution in [2.24, 2.45) is 11.8 Å². The summed E-state index contributed by atoms with van der Waals surface area (Å²) in [5, 5.41) is 3.94. The maximum absolute atomic E-state index is 5.89. The normalized spacial score (nSPS) is 17.5. The molecule has 1 fully saturated rings. The third kappa shape index (κ3) is 3.50. The SMILES string of the molecule is CC(C)Cc1c(N)noc1CCC1CCCCC1. The molecule has 0 bridgehead atoms. The van der Waals surface area contributed by atoms with Crippen LogP contribution >= 0.6 is 0 Å². The summed E-state index contributed by atoms with van der Waals surface area (Å²) in [5.74, 6) is 3.12. The van der Waals surface area contributed by atoms with Crippen LogP contribution in [0, 0.1) is 11.8 Å². The van der Waals surface area contributed by atoms with Crippen molar-refractivity contribution in [2.45, 2.75) is 65.2 Å². The number of rotatable bonds is 5. The fourth-order valence-electron chi connectivity index (χ4n) is 2.99. The van der Waals surface area contributed by atoms with Crippen LogP contribution in [0.2, 0.25) is 0 Å². The summed E-state index contributed by atoms with van der Waals surface area (Å²) < 4.78 is 5.41. The predicted molar refractivity (Wildman–Crippen MR) is 74.4 cm³/mol. The van der Waals surface area contributed by atoms with Crippen molar-refractivity contribution in [3.8, 4) is 0 Å². The van der Waals surface area contributed by atoms with Crippen LogP contribution in [0.4, 0.5) is 5.82 Å². The molecule has 0 aliphatic heterocycles. The van der Waals surface area contributed by atoms with Crippen molar-refractivity contribution in [1.82, 2.24) is 5.16 Å². The van der Waals surface area contributed by atoms with Crippen molar-refractivity contribution in [2.75, 3.05) is 5.73 Å². The zero-order valence-corrected chi connectivity index (χ0v) is 11.7. The number of aromatic nitrogens is 1. The first-order chi connectivity index (χ1) is 8.66. The van der Waals surface area contributed by atoms with E-state index >= 15 is 0 Å². The van der Waals surface area contributed by atoms with E-state index in [0.717, 1.165) is 30.1 Å². The van der Waals surface area contributed by atoms with E-state index in [9.17, 15) is 0 Å². The molecule has 18 heavy (non-hydrogen) atoms. The molecule has 1 aromatic rings. The van der Waals surface area contributed by atoms with Gasteiger partial charge in [0.1, 0.15) is 5.76 Å². The van der Waals surface area contributed by atoms with E-state index in [1.54, 1.807) is 0 Å². The predicted octanol–water partition coefficient (Wildman–Crippen LogP) is 3.97. The molecule has 102 valence electrons. The molecule has 1 saturated carbocycles. The van der Waals surface area contributed by atoms with Crippen LogP contribution in [0.1, 0.15) is 63.7 Å². The monoisotopic (exact) mass is 250 g/mol. The van der Waals surface area contributed by atoms with Gasteiger partial charge in [0.15, 0.2) is 5.82 Å².